The maximum absolute atomic E-state index is 11.2. The average Bonchev–Trinajstić information content (AvgIpc) is 3.31. The van der Waals surface area contributed by atoms with E-state index in [0.717, 1.165) is 36.2 Å². The van der Waals surface area contributed by atoms with E-state index in [1.54, 1.807) is 0 Å². The Hall–Kier alpha value is -3.78. The van der Waals surface area contributed by atoms with Crippen molar-refractivity contribution in [2.75, 3.05) is 31.2 Å². The predicted molar refractivity (Wildman–Crippen MR) is 116 cm³/mol. The maximum atomic E-state index is 11.2. The minimum Gasteiger partial charge on any atom is -0.478 e. The van der Waals surface area contributed by atoms with Gasteiger partial charge in [-0.3, -0.25) is 0 Å². The van der Waals surface area contributed by atoms with Crippen molar-refractivity contribution in [3.8, 4) is 5.95 Å². The molecule has 0 unspecified atom stereocenters. The van der Waals surface area contributed by atoms with Crippen LogP contribution in [-0.2, 0) is 11.2 Å². The zero-order valence-electron chi connectivity index (χ0n) is 16.8. The summed E-state index contributed by atoms with van der Waals surface area (Å²) in [7, 11) is 0. The van der Waals surface area contributed by atoms with E-state index in [1.807, 2.05) is 24.3 Å². The van der Waals surface area contributed by atoms with Gasteiger partial charge in [-0.2, -0.15) is 10.1 Å². The molecule has 8 nitrogen and oxygen atoms in total. The number of carboxylic acids is 1. The number of morpholine rings is 1. The fourth-order valence-corrected chi connectivity index (χ4v) is 3.75. The molecule has 1 aliphatic heterocycles. The molecule has 2 aromatic heterocycles. The van der Waals surface area contributed by atoms with Gasteiger partial charge in [-0.05, 0) is 29.7 Å². The third kappa shape index (κ3) is 3.97. The summed E-state index contributed by atoms with van der Waals surface area (Å²) in [6.45, 7) is 2.73. The highest BCUT2D eigenvalue weighted by molar-refractivity contribution is 5.91. The second-order valence-corrected chi connectivity index (χ2v) is 7.44. The third-order valence-electron chi connectivity index (χ3n) is 5.32. The third-order valence-corrected chi connectivity index (χ3v) is 5.32. The molecule has 0 aliphatic carbocycles. The lowest BCUT2D eigenvalue weighted by atomic mass is 10.0. The highest BCUT2D eigenvalue weighted by Gasteiger charge is 2.19. The van der Waals surface area contributed by atoms with Crippen LogP contribution in [0.5, 0.6) is 0 Å². The van der Waals surface area contributed by atoms with Crippen LogP contribution >= 0.6 is 0 Å². The number of hydrogen-bond acceptors (Lipinski definition) is 6. The number of fused-ring (bicyclic) bond motifs is 1. The Kier molecular flexibility index (Phi) is 5.05. The van der Waals surface area contributed by atoms with Crippen molar-refractivity contribution >= 4 is 22.7 Å². The summed E-state index contributed by atoms with van der Waals surface area (Å²) in [6.07, 6.45) is 3.55. The van der Waals surface area contributed by atoms with Crippen LogP contribution in [0.25, 0.3) is 16.9 Å². The number of aromatic carboxylic acids is 1. The zero-order valence-corrected chi connectivity index (χ0v) is 16.8. The van der Waals surface area contributed by atoms with Gasteiger partial charge < -0.3 is 14.7 Å². The molecule has 0 radical (unpaired) electrons. The number of nitrogens with zero attached hydrogens (tertiary/aromatic N) is 5. The Morgan fingerprint density at radius 1 is 1.03 bits per heavy atom. The summed E-state index contributed by atoms with van der Waals surface area (Å²) in [5.41, 5.74) is 3.30. The molecule has 0 atom stereocenters. The average molecular weight is 415 g/mol. The van der Waals surface area contributed by atoms with Crippen LogP contribution in [0, 0.1) is 0 Å². The van der Waals surface area contributed by atoms with Crippen LogP contribution in [0.3, 0.4) is 0 Å². The van der Waals surface area contributed by atoms with Gasteiger partial charge in [0.25, 0.3) is 5.95 Å². The molecular weight excluding hydrogens is 394 g/mol. The Morgan fingerprint density at radius 3 is 2.58 bits per heavy atom. The van der Waals surface area contributed by atoms with Crippen LogP contribution in [0.4, 0.5) is 5.82 Å². The molecule has 0 spiro atoms. The van der Waals surface area contributed by atoms with Crippen molar-refractivity contribution in [2.45, 2.75) is 6.42 Å². The van der Waals surface area contributed by atoms with Crippen molar-refractivity contribution in [2.24, 2.45) is 0 Å². The van der Waals surface area contributed by atoms with Crippen LogP contribution in [0.2, 0.25) is 0 Å². The van der Waals surface area contributed by atoms with Gasteiger partial charge in [0, 0.05) is 24.7 Å². The standard InChI is InChI=1S/C23H21N5O3/c29-22(30)18-14-24-28(15-18)23-25-20-7-6-17(12-16-4-2-1-3-5-16)13-19(20)21(26-23)27-8-10-31-11-9-27/h1-7,13-15H,8-12H2,(H,29,30). The minimum absolute atomic E-state index is 0.0924. The van der Waals surface area contributed by atoms with E-state index in [1.165, 1.54) is 28.2 Å². The first-order valence-electron chi connectivity index (χ1n) is 10.1. The molecule has 8 heteroatoms. The van der Waals surface area contributed by atoms with Crippen molar-refractivity contribution in [1.82, 2.24) is 19.7 Å². The van der Waals surface area contributed by atoms with E-state index in [-0.39, 0.29) is 5.56 Å². The largest absolute Gasteiger partial charge is 0.478 e. The predicted octanol–water partition coefficient (Wildman–Crippen LogP) is 2.94. The number of anilines is 1. The molecule has 5 rings (SSSR count). The Bertz CT molecular complexity index is 1230. The Labute approximate surface area is 178 Å². The van der Waals surface area contributed by atoms with Crippen LogP contribution < -0.4 is 4.90 Å². The van der Waals surface area contributed by atoms with Gasteiger partial charge in [0.05, 0.1) is 30.5 Å². The SMILES string of the molecule is O=C(O)c1cnn(-c2nc(N3CCOCC3)c3cc(Cc4ccccc4)ccc3n2)c1. The van der Waals surface area contributed by atoms with Crippen LogP contribution in [0.1, 0.15) is 21.5 Å². The van der Waals surface area contributed by atoms with E-state index < -0.39 is 5.97 Å². The van der Waals surface area contributed by atoms with Gasteiger partial charge in [0.15, 0.2) is 0 Å². The van der Waals surface area contributed by atoms with E-state index in [4.69, 9.17) is 9.72 Å². The monoisotopic (exact) mass is 415 g/mol. The van der Waals surface area contributed by atoms with Gasteiger partial charge in [0.2, 0.25) is 0 Å². The molecular formula is C23H21N5O3. The summed E-state index contributed by atoms with van der Waals surface area (Å²) >= 11 is 0. The first-order valence-corrected chi connectivity index (χ1v) is 10.1. The molecule has 0 saturated carbocycles. The molecule has 31 heavy (non-hydrogen) atoms. The quantitative estimate of drug-likeness (QED) is 0.536. The highest BCUT2D eigenvalue weighted by Crippen LogP contribution is 2.27. The molecule has 1 fully saturated rings. The summed E-state index contributed by atoms with van der Waals surface area (Å²) in [5, 5.41) is 14.3. The second kappa shape index (κ2) is 8.16. The first kappa shape index (κ1) is 19.2. The summed E-state index contributed by atoms with van der Waals surface area (Å²) in [5.74, 6) is 0.119. The minimum atomic E-state index is -1.04. The molecule has 3 heterocycles. The number of carboxylic acid groups (broad SMARTS) is 1. The number of ether oxygens (including phenoxy) is 1. The van der Waals surface area contributed by atoms with Crippen molar-refractivity contribution in [1.29, 1.82) is 0 Å². The van der Waals surface area contributed by atoms with Gasteiger partial charge >= 0.3 is 5.97 Å². The van der Waals surface area contributed by atoms with Gasteiger partial charge in [-0.15, -0.1) is 0 Å². The van der Waals surface area contributed by atoms with Crippen LogP contribution in [0.15, 0.2) is 60.9 Å². The molecule has 0 bridgehead atoms. The lowest BCUT2D eigenvalue weighted by Crippen LogP contribution is -2.37. The molecule has 1 N–H and O–H groups in total. The van der Waals surface area contributed by atoms with Crippen LogP contribution in [-0.4, -0.2) is 57.1 Å². The summed E-state index contributed by atoms with van der Waals surface area (Å²) in [4.78, 5) is 22.9. The van der Waals surface area contributed by atoms with E-state index in [0.29, 0.717) is 19.2 Å². The van der Waals surface area contributed by atoms with Crippen molar-refractivity contribution < 1.29 is 14.6 Å². The normalized spacial score (nSPS) is 14.1. The molecule has 0 amide bonds. The van der Waals surface area contributed by atoms with Crippen molar-refractivity contribution in [3.63, 3.8) is 0 Å². The van der Waals surface area contributed by atoms with Crippen molar-refractivity contribution in [3.05, 3.63) is 77.6 Å². The number of rotatable bonds is 5. The summed E-state index contributed by atoms with van der Waals surface area (Å²) < 4.78 is 6.92. The molecule has 4 aromatic rings. The number of carbonyl (C=O) groups is 1. The number of hydrogen-bond donors (Lipinski definition) is 1. The molecule has 1 aliphatic rings. The van der Waals surface area contributed by atoms with Gasteiger partial charge in [-0.25, -0.2) is 14.5 Å². The fraction of sp³-hybridized carbons (Fsp3) is 0.217. The first-order chi connectivity index (χ1) is 15.2. The second-order valence-electron chi connectivity index (χ2n) is 7.44. The van der Waals surface area contributed by atoms with E-state index >= 15 is 0 Å². The smallest absolute Gasteiger partial charge is 0.338 e. The topological polar surface area (TPSA) is 93.4 Å². The van der Waals surface area contributed by atoms with Gasteiger partial charge in [-0.1, -0.05) is 36.4 Å². The number of aromatic nitrogens is 4. The molecule has 2 aromatic carbocycles. The fourth-order valence-electron chi connectivity index (χ4n) is 3.75. The number of benzene rings is 2. The zero-order chi connectivity index (χ0) is 21.2. The lowest BCUT2D eigenvalue weighted by molar-refractivity contribution is 0.0697. The Balaban J connectivity index is 1.60. The van der Waals surface area contributed by atoms with Gasteiger partial charge in [0.1, 0.15) is 5.82 Å². The Morgan fingerprint density at radius 2 is 1.84 bits per heavy atom. The lowest BCUT2D eigenvalue weighted by Gasteiger charge is -2.29. The maximum Gasteiger partial charge on any atom is 0.338 e. The van der Waals surface area contributed by atoms with E-state index in [9.17, 15) is 9.90 Å². The summed E-state index contributed by atoms with van der Waals surface area (Å²) in [6, 6.07) is 16.5. The molecule has 156 valence electrons. The molecule has 1 saturated heterocycles. The highest BCUT2D eigenvalue weighted by atomic mass is 16.5. The van der Waals surface area contributed by atoms with E-state index in [2.05, 4.69) is 39.2 Å².